The molecule has 1 aliphatic rings. The summed E-state index contributed by atoms with van der Waals surface area (Å²) in [6.45, 7) is 1.54. The average Bonchev–Trinajstić information content (AvgIpc) is 3.21. The molecule has 0 unspecified atom stereocenters. The highest BCUT2D eigenvalue weighted by atomic mass is 32.2. The van der Waals surface area contributed by atoms with Gasteiger partial charge in [-0.2, -0.15) is 4.31 Å². The molecule has 31 heavy (non-hydrogen) atoms. The fraction of sp³-hybridized carbons (Fsp3) is 0.350. The topological polar surface area (TPSA) is 116 Å². The van der Waals surface area contributed by atoms with Crippen LogP contribution in [-0.2, 0) is 26.0 Å². The van der Waals surface area contributed by atoms with E-state index in [1.165, 1.54) is 16.4 Å². The van der Waals surface area contributed by atoms with E-state index in [-0.39, 0.29) is 17.4 Å². The van der Waals surface area contributed by atoms with E-state index < -0.39 is 10.0 Å². The third-order valence-corrected chi connectivity index (χ3v) is 6.79. The van der Waals surface area contributed by atoms with Crippen LogP contribution in [0.3, 0.4) is 0 Å². The molecule has 0 atom stereocenters. The lowest BCUT2D eigenvalue weighted by Crippen LogP contribution is -2.40. The molecule has 10 nitrogen and oxygen atoms in total. The zero-order valence-electron chi connectivity index (χ0n) is 16.8. The second-order valence-corrected chi connectivity index (χ2v) is 8.93. The van der Waals surface area contributed by atoms with Crippen LogP contribution in [0, 0.1) is 0 Å². The first-order chi connectivity index (χ1) is 15.0. The number of amides is 1. The van der Waals surface area contributed by atoms with Crippen molar-refractivity contribution < 1.29 is 22.8 Å². The summed E-state index contributed by atoms with van der Waals surface area (Å²) in [5.41, 5.74) is 1.96. The number of carbonyl (C=O) groups is 1. The number of sulfonamides is 1. The lowest BCUT2D eigenvalue weighted by Gasteiger charge is -2.26. The molecule has 1 saturated heterocycles. The highest BCUT2D eigenvalue weighted by molar-refractivity contribution is 7.89. The number of hydrogen-bond acceptors (Lipinski definition) is 7. The Morgan fingerprint density at radius 2 is 1.90 bits per heavy atom. The summed E-state index contributed by atoms with van der Waals surface area (Å²) in [4.78, 5) is 18.7. The lowest BCUT2D eigenvalue weighted by atomic mass is 10.1. The van der Waals surface area contributed by atoms with Crippen LogP contribution >= 0.6 is 0 Å². The van der Waals surface area contributed by atoms with E-state index in [1.54, 1.807) is 6.07 Å². The normalized spacial score (nSPS) is 15.1. The van der Waals surface area contributed by atoms with Gasteiger partial charge in [-0.1, -0.05) is 35.2 Å². The van der Waals surface area contributed by atoms with Gasteiger partial charge in [0.05, 0.1) is 18.1 Å². The molecular weight excluding hydrogens is 422 g/mol. The lowest BCUT2D eigenvalue weighted by molar-refractivity contribution is -0.126. The number of fused-ring (bicyclic) bond motifs is 1. The predicted octanol–water partition coefficient (Wildman–Crippen LogP) is 0.240. The highest BCUT2D eigenvalue weighted by Crippen LogP contribution is 2.21. The molecule has 0 saturated carbocycles. The van der Waals surface area contributed by atoms with Gasteiger partial charge in [0.15, 0.2) is 6.61 Å². The standard InChI is InChI=1S/C20H23N5O5S/c26-20(21-9-8-16-4-2-1-3-5-16)15-30-25-19-14-17(6-7-18(19)22-23-25)31(27,28)24-10-12-29-13-11-24/h1-7,14H,8-13,15H2,(H,21,26). The molecule has 2 aromatic carbocycles. The molecule has 1 aromatic heterocycles. The number of morpholine rings is 1. The third-order valence-electron chi connectivity index (χ3n) is 4.89. The van der Waals surface area contributed by atoms with Gasteiger partial charge in [0, 0.05) is 19.6 Å². The number of nitrogens with one attached hydrogen (secondary N) is 1. The minimum Gasteiger partial charge on any atom is -0.385 e. The molecule has 0 aliphatic carbocycles. The van der Waals surface area contributed by atoms with Crippen LogP contribution in [0.4, 0.5) is 0 Å². The molecule has 1 fully saturated rings. The second-order valence-electron chi connectivity index (χ2n) is 6.99. The van der Waals surface area contributed by atoms with Crippen molar-refractivity contribution in [2.75, 3.05) is 39.5 Å². The largest absolute Gasteiger partial charge is 0.385 e. The van der Waals surface area contributed by atoms with Gasteiger partial charge in [0.25, 0.3) is 5.91 Å². The van der Waals surface area contributed by atoms with Crippen molar-refractivity contribution in [2.45, 2.75) is 11.3 Å². The van der Waals surface area contributed by atoms with Gasteiger partial charge in [-0.05, 0) is 35.4 Å². The fourth-order valence-corrected chi connectivity index (χ4v) is 4.66. The van der Waals surface area contributed by atoms with E-state index in [1.807, 2.05) is 30.3 Å². The van der Waals surface area contributed by atoms with E-state index in [2.05, 4.69) is 15.6 Å². The molecule has 1 amide bonds. The smallest absolute Gasteiger partial charge is 0.260 e. The Kier molecular flexibility index (Phi) is 6.44. The zero-order valence-corrected chi connectivity index (χ0v) is 17.6. The first-order valence-corrected chi connectivity index (χ1v) is 11.4. The highest BCUT2D eigenvalue weighted by Gasteiger charge is 2.27. The third kappa shape index (κ3) is 5.01. The van der Waals surface area contributed by atoms with E-state index in [9.17, 15) is 13.2 Å². The van der Waals surface area contributed by atoms with Crippen molar-refractivity contribution in [1.82, 2.24) is 24.8 Å². The van der Waals surface area contributed by atoms with Crippen LogP contribution in [0.1, 0.15) is 5.56 Å². The van der Waals surface area contributed by atoms with E-state index in [0.717, 1.165) is 10.4 Å². The predicted molar refractivity (Wildman–Crippen MR) is 112 cm³/mol. The minimum absolute atomic E-state index is 0.112. The molecule has 0 spiro atoms. The Morgan fingerprint density at radius 3 is 2.68 bits per heavy atom. The van der Waals surface area contributed by atoms with Crippen molar-refractivity contribution in [1.29, 1.82) is 0 Å². The summed E-state index contributed by atoms with van der Waals surface area (Å²) in [6, 6.07) is 14.3. The van der Waals surface area contributed by atoms with Crippen LogP contribution < -0.4 is 10.2 Å². The SMILES string of the molecule is O=C(COn1nnc2ccc(S(=O)(=O)N3CCOCC3)cc21)NCCc1ccccc1. The second kappa shape index (κ2) is 9.41. The van der Waals surface area contributed by atoms with E-state index >= 15 is 0 Å². The summed E-state index contributed by atoms with van der Waals surface area (Å²) >= 11 is 0. The minimum atomic E-state index is -3.67. The molecule has 3 aromatic rings. The van der Waals surface area contributed by atoms with Crippen LogP contribution in [0.15, 0.2) is 53.4 Å². The summed E-state index contributed by atoms with van der Waals surface area (Å²) in [5, 5.41) is 10.6. The summed E-state index contributed by atoms with van der Waals surface area (Å²) in [7, 11) is -3.67. The fourth-order valence-electron chi connectivity index (χ4n) is 3.23. The maximum absolute atomic E-state index is 12.9. The van der Waals surface area contributed by atoms with E-state index in [0.29, 0.717) is 50.3 Å². The number of benzene rings is 2. The monoisotopic (exact) mass is 445 g/mol. The average molecular weight is 446 g/mol. The number of hydrogen-bond donors (Lipinski definition) is 1. The first kappa shape index (κ1) is 21.2. The molecular formula is C20H23N5O5S. The Hall–Kier alpha value is -3.02. The van der Waals surface area contributed by atoms with Crippen molar-refractivity contribution in [2.24, 2.45) is 0 Å². The van der Waals surface area contributed by atoms with Crippen molar-refractivity contribution >= 4 is 27.0 Å². The molecule has 11 heteroatoms. The maximum Gasteiger partial charge on any atom is 0.260 e. The molecule has 0 radical (unpaired) electrons. The molecule has 164 valence electrons. The van der Waals surface area contributed by atoms with Gasteiger partial charge in [0.1, 0.15) is 11.0 Å². The summed E-state index contributed by atoms with van der Waals surface area (Å²) in [6.07, 6.45) is 0.710. The molecule has 1 aliphatic heterocycles. The van der Waals surface area contributed by atoms with Crippen LogP contribution in [0.5, 0.6) is 0 Å². The summed E-state index contributed by atoms with van der Waals surface area (Å²) < 4.78 is 32.4. The quantitative estimate of drug-likeness (QED) is 0.528. The number of ether oxygens (including phenoxy) is 1. The first-order valence-electron chi connectivity index (χ1n) is 9.91. The molecule has 2 heterocycles. The Bertz CT molecular complexity index is 1140. The van der Waals surface area contributed by atoms with Crippen LogP contribution in [0.25, 0.3) is 11.0 Å². The number of nitrogens with zero attached hydrogens (tertiary/aromatic N) is 4. The number of carbonyl (C=O) groups excluding carboxylic acids is 1. The van der Waals surface area contributed by atoms with Crippen LogP contribution in [0.2, 0.25) is 0 Å². The van der Waals surface area contributed by atoms with Gasteiger partial charge in [-0.15, -0.1) is 5.10 Å². The van der Waals surface area contributed by atoms with Gasteiger partial charge in [0.2, 0.25) is 10.0 Å². The Balaban J connectivity index is 1.39. The van der Waals surface area contributed by atoms with Gasteiger partial charge >= 0.3 is 0 Å². The van der Waals surface area contributed by atoms with Gasteiger partial charge < -0.3 is 14.9 Å². The molecule has 1 N–H and O–H groups in total. The molecule has 4 rings (SSSR count). The van der Waals surface area contributed by atoms with E-state index in [4.69, 9.17) is 9.57 Å². The molecule has 0 bridgehead atoms. The zero-order chi connectivity index (χ0) is 21.7. The Morgan fingerprint density at radius 1 is 1.13 bits per heavy atom. The number of rotatable bonds is 8. The number of aromatic nitrogens is 3. The van der Waals surface area contributed by atoms with Gasteiger partial charge in [-0.3, -0.25) is 4.79 Å². The maximum atomic E-state index is 12.9. The van der Waals surface area contributed by atoms with Crippen molar-refractivity contribution in [3.05, 3.63) is 54.1 Å². The Labute approximate surface area is 179 Å². The summed E-state index contributed by atoms with van der Waals surface area (Å²) in [5.74, 6) is -0.309. The van der Waals surface area contributed by atoms with Crippen molar-refractivity contribution in [3.8, 4) is 0 Å². The van der Waals surface area contributed by atoms with Crippen LogP contribution in [-0.4, -0.2) is 73.2 Å². The van der Waals surface area contributed by atoms with Gasteiger partial charge in [-0.25, -0.2) is 8.42 Å². The van der Waals surface area contributed by atoms with Crippen molar-refractivity contribution in [3.63, 3.8) is 0 Å².